The van der Waals surface area contributed by atoms with Gasteiger partial charge in [-0.15, -0.1) is 0 Å². The van der Waals surface area contributed by atoms with Gasteiger partial charge in [0, 0.05) is 17.1 Å². The molecular weight excluding hydrogens is 165 g/mol. The number of hydrogen-bond acceptors (Lipinski definition) is 0. The maximum absolute atomic E-state index is 12.8. The predicted octanol–water partition coefficient (Wildman–Crippen LogP) is 3.18. The molecule has 0 spiro atoms. The quantitative estimate of drug-likeness (QED) is 0.685. The van der Waals surface area contributed by atoms with Crippen molar-refractivity contribution in [3.63, 3.8) is 0 Å². The molecule has 1 aliphatic rings. The lowest BCUT2D eigenvalue weighted by atomic mass is 10.1. The molecule has 2 aromatic rings. The average molecular weight is 175 g/mol. The van der Waals surface area contributed by atoms with Crippen molar-refractivity contribution in [2.75, 3.05) is 0 Å². The first-order valence-electron chi connectivity index (χ1n) is 4.61. The van der Waals surface area contributed by atoms with E-state index in [1.807, 2.05) is 12.3 Å². The second-order valence-corrected chi connectivity index (χ2v) is 3.71. The first-order valence-corrected chi connectivity index (χ1v) is 4.61. The fraction of sp³-hybridized carbons (Fsp3) is 0.273. The SMILES string of the molecule is Fc1ccc2c(C3CC3)c[nH]c2c1. The molecule has 13 heavy (non-hydrogen) atoms. The van der Waals surface area contributed by atoms with Gasteiger partial charge < -0.3 is 4.98 Å². The molecule has 0 amide bonds. The largest absolute Gasteiger partial charge is 0.361 e. The minimum Gasteiger partial charge on any atom is -0.361 e. The van der Waals surface area contributed by atoms with Crippen molar-refractivity contribution in [1.29, 1.82) is 0 Å². The third kappa shape index (κ3) is 1.05. The zero-order chi connectivity index (χ0) is 8.84. The van der Waals surface area contributed by atoms with Crippen LogP contribution in [-0.4, -0.2) is 4.98 Å². The smallest absolute Gasteiger partial charge is 0.125 e. The van der Waals surface area contributed by atoms with Crippen LogP contribution in [0, 0.1) is 5.82 Å². The number of aromatic amines is 1. The van der Waals surface area contributed by atoms with E-state index in [1.54, 1.807) is 6.07 Å². The molecule has 0 bridgehead atoms. The molecule has 0 aliphatic heterocycles. The van der Waals surface area contributed by atoms with Gasteiger partial charge in [0.25, 0.3) is 0 Å². The van der Waals surface area contributed by atoms with E-state index in [4.69, 9.17) is 0 Å². The summed E-state index contributed by atoms with van der Waals surface area (Å²) in [5.41, 5.74) is 2.27. The van der Waals surface area contributed by atoms with E-state index in [1.165, 1.54) is 29.9 Å². The topological polar surface area (TPSA) is 15.8 Å². The van der Waals surface area contributed by atoms with Crippen LogP contribution in [0.4, 0.5) is 4.39 Å². The highest BCUT2D eigenvalue weighted by Crippen LogP contribution is 2.43. The molecule has 0 unspecified atom stereocenters. The molecule has 1 heterocycles. The molecule has 1 aromatic heterocycles. The van der Waals surface area contributed by atoms with E-state index in [-0.39, 0.29) is 5.82 Å². The van der Waals surface area contributed by atoms with Gasteiger partial charge in [-0.25, -0.2) is 4.39 Å². The second kappa shape index (κ2) is 2.34. The van der Waals surface area contributed by atoms with Gasteiger partial charge in [0.05, 0.1) is 0 Å². The van der Waals surface area contributed by atoms with Crippen LogP contribution in [0.5, 0.6) is 0 Å². The lowest BCUT2D eigenvalue weighted by Gasteiger charge is -1.94. The third-order valence-electron chi connectivity index (χ3n) is 2.69. The van der Waals surface area contributed by atoms with Gasteiger partial charge in [-0.1, -0.05) is 0 Å². The molecule has 0 radical (unpaired) electrons. The van der Waals surface area contributed by atoms with Crippen LogP contribution in [0.2, 0.25) is 0 Å². The number of fused-ring (bicyclic) bond motifs is 1. The monoisotopic (exact) mass is 175 g/mol. The summed E-state index contributed by atoms with van der Waals surface area (Å²) in [5.74, 6) is 0.552. The predicted molar refractivity (Wildman–Crippen MR) is 50.2 cm³/mol. The van der Waals surface area contributed by atoms with Gasteiger partial charge in [-0.2, -0.15) is 0 Å². The molecule has 66 valence electrons. The van der Waals surface area contributed by atoms with Crippen LogP contribution >= 0.6 is 0 Å². The van der Waals surface area contributed by atoms with Crippen molar-refractivity contribution in [3.05, 3.63) is 35.8 Å². The van der Waals surface area contributed by atoms with Crippen LogP contribution in [0.3, 0.4) is 0 Å². The lowest BCUT2D eigenvalue weighted by Crippen LogP contribution is -1.76. The highest BCUT2D eigenvalue weighted by atomic mass is 19.1. The number of nitrogens with one attached hydrogen (secondary N) is 1. The Morgan fingerprint density at radius 3 is 2.92 bits per heavy atom. The van der Waals surface area contributed by atoms with Gasteiger partial charge in [0.15, 0.2) is 0 Å². The Kier molecular flexibility index (Phi) is 1.29. The first kappa shape index (κ1) is 7.13. The highest BCUT2D eigenvalue weighted by molar-refractivity contribution is 5.84. The summed E-state index contributed by atoms with van der Waals surface area (Å²) in [6.45, 7) is 0. The van der Waals surface area contributed by atoms with E-state index in [2.05, 4.69) is 4.98 Å². The molecular formula is C11H10FN. The summed E-state index contributed by atoms with van der Waals surface area (Å²) in [6, 6.07) is 4.96. The second-order valence-electron chi connectivity index (χ2n) is 3.71. The fourth-order valence-electron chi connectivity index (χ4n) is 1.85. The van der Waals surface area contributed by atoms with E-state index in [0.29, 0.717) is 0 Å². The first-order chi connectivity index (χ1) is 6.34. The number of halogens is 1. The van der Waals surface area contributed by atoms with Gasteiger partial charge in [-0.3, -0.25) is 0 Å². The normalized spacial score (nSPS) is 16.7. The average Bonchev–Trinajstić information content (AvgIpc) is 2.87. The summed E-state index contributed by atoms with van der Waals surface area (Å²) in [6.07, 6.45) is 4.58. The fourth-order valence-corrected chi connectivity index (χ4v) is 1.85. The van der Waals surface area contributed by atoms with Gasteiger partial charge in [0.1, 0.15) is 5.82 Å². The van der Waals surface area contributed by atoms with E-state index < -0.39 is 0 Å². The maximum atomic E-state index is 12.8. The Morgan fingerprint density at radius 2 is 2.15 bits per heavy atom. The Bertz CT molecular complexity index is 454. The Labute approximate surface area is 75.6 Å². The third-order valence-corrected chi connectivity index (χ3v) is 2.69. The Morgan fingerprint density at radius 1 is 1.31 bits per heavy atom. The number of rotatable bonds is 1. The summed E-state index contributed by atoms with van der Waals surface area (Å²) >= 11 is 0. The Balaban J connectivity index is 2.26. The summed E-state index contributed by atoms with van der Waals surface area (Å²) < 4.78 is 12.8. The zero-order valence-corrected chi connectivity index (χ0v) is 7.18. The molecule has 1 aliphatic carbocycles. The van der Waals surface area contributed by atoms with E-state index >= 15 is 0 Å². The van der Waals surface area contributed by atoms with Crippen LogP contribution in [0.1, 0.15) is 24.3 Å². The van der Waals surface area contributed by atoms with Crippen molar-refractivity contribution >= 4 is 10.9 Å². The van der Waals surface area contributed by atoms with Crippen molar-refractivity contribution in [3.8, 4) is 0 Å². The van der Waals surface area contributed by atoms with Crippen LogP contribution in [0.25, 0.3) is 10.9 Å². The maximum Gasteiger partial charge on any atom is 0.125 e. The number of H-pyrrole nitrogens is 1. The molecule has 3 rings (SSSR count). The summed E-state index contributed by atoms with van der Waals surface area (Å²) in [7, 11) is 0. The molecule has 1 nitrogen and oxygen atoms in total. The number of hydrogen-bond donors (Lipinski definition) is 1. The molecule has 0 atom stereocenters. The molecule has 1 fully saturated rings. The van der Waals surface area contributed by atoms with Crippen molar-refractivity contribution < 1.29 is 4.39 Å². The number of aromatic nitrogens is 1. The number of benzene rings is 1. The van der Waals surface area contributed by atoms with E-state index in [0.717, 1.165) is 11.4 Å². The van der Waals surface area contributed by atoms with Crippen molar-refractivity contribution in [2.45, 2.75) is 18.8 Å². The van der Waals surface area contributed by atoms with E-state index in [9.17, 15) is 4.39 Å². The van der Waals surface area contributed by atoms with Crippen LogP contribution in [-0.2, 0) is 0 Å². The Hall–Kier alpha value is -1.31. The van der Waals surface area contributed by atoms with Crippen LogP contribution < -0.4 is 0 Å². The van der Waals surface area contributed by atoms with Gasteiger partial charge in [0.2, 0.25) is 0 Å². The molecule has 2 heteroatoms. The minimum absolute atomic E-state index is 0.170. The zero-order valence-electron chi connectivity index (χ0n) is 7.18. The van der Waals surface area contributed by atoms with Crippen molar-refractivity contribution in [2.24, 2.45) is 0 Å². The highest BCUT2D eigenvalue weighted by Gasteiger charge is 2.25. The van der Waals surface area contributed by atoms with Gasteiger partial charge in [-0.05, 0) is 42.5 Å². The molecule has 0 saturated heterocycles. The van der Waals surface area contributed by atoms with Crippen molar-refractivity contribution in [1.82, 2.24) is 4.98 Å². The molecule has 1 aromatic carbocycles. The minimum atomic E-state index is -0.170. The summed E-state index contributed by atoms with van der Waals surface area (Å²) in [4.78, 5) is 3.11. The summed E-state index contributed by atoms with van der Waals surface area (Å²) in [5, 5.41) is 1.18. The lowest BCUT2D eigenvalue weighted by molar-refractivity contribution is 0.629. The molecule has 1 saturated carbocycles. The molecule has 1 N–H and O–H groups in total. The van der Waals surface area contributed by atoms with Crippen LogP contribution in [0.15, 0.2) is 24.4 Å². The standard InChI is InChI=1S/C11H10FN/c12-8-3-4-9-10(7-1-2-7)6-13-11(9)5-8/h3-7,13H,1-2H2. The van der Waals surface area contributed by atoms with Gasteiger partial charge >= 0.3 is 0 Å².